The summed E-state index contributed by atoms with van der Waals surface area (Å²) in [7, 11) is 0. The monoisotopic (exact) mass is 262 g/mol. The number of benzene rings is 1. The number of aromatic hydroxyl groups is 1. The first-order valence-electron chi connectivity index (χ1n) is 6.12. The lowest BCUT2D eigenvalue weighted by Gasteiger charge is -2.26. The van der Waals surface area contributed by atoms with Crippen LogP contribution in [0.25, 0.3) is 0 Å². The normalized spacial score (nSPS) is 22.8. The van der Waals surface area contributed by atoms with E-state index in [1.807, 2.05) is 25.1 Å². The third-order valence-electron chi connectivity index (χ3n) is 3.69. The number of nitrogens with zero attached hydrogens (tertiary/aromatic N) is 1. The minimum Gasteiger partial charge on any atom is -0.508 e. The Morgan fingerprint density at radius 3 is 2.94 bits per heavy atom. The quantitative estimate of drug-likeness (QED) is 0.774. The molecule has 2 atom stereocenters. The van der Waals surface area contributed by atoms with Crippen LogP contribution in [0.15, 0.2) is 24.3 Å². The Labute approximate surface area is 111 Å². The van der Waals surface area contributed by atoms with Crippen LogP contribution in [0, 0.1) is 6.92 Å². The molecule has 1 heterocycles. The maximum atomic E-state index is 9.93. The van der Waals surface area contributed by atoms with Gasteiger partial charge in [0, 0.05) is 11.3 Å². The van der Waals surface area contributed by atoms with Crippen molar-refractivity contribution in [1.82, 2.24) is 10.2 Å². The zero-order valence-electron chi connectivity index (χ0n) is 10.2. The van der Waals surface area contributed by atoms with E-state index in [2.05, 4.69) is 10.2 Å². The molecule has 1 aromatic heterocycles. The molecular weight excluding hydrogens is 248 g/mol. The van der Waals surface area contributed by atoms with Crippen molar-refractivity contribution in [2.75, 3.05) is 0 Å². The Kier molecular flexibility index (Phi) is 2.78. The predicted octanol–water partition coefficient (Wildman–Crippen LogP) is 3.43. The van der Waals surface area contributed by atoms with E-state index >= 15 is 0 Å². The number of H-pyrrole nitrogens is 1. The summed E-state index contributed by atoms with van der Waals surface area (Å²) in [5.74, 6) is 0.589. The number of phenols is 1. The first-order chi connectivity index (χ1) is 8.66. The van der Waals surface area contributed by atoms with Crippen LogP contribution in [0.3, 0.4) is 0 Å². The van der Waals surface area contributed by atoms with Crippen LogP contribution in [0.2, 0.25) is 0 Å². The lowest BCUT2D eigenvalue weighted by atomic mass is 9.82. The maximum Gasteiger partial charge on any atom is 0.119 e. The Bertz CT molecular complexity index is 579. The van der Waals surface area contributed by atoms with Gasteiger partial charge in [-0.1, -0.05) is 18.2 Å². The zero-order chi connectivity index (χ0) is 12.7. The second-order valence-electron chi connectivity index (χ2n) is 4.87. The first-order valence-corrected chi connectivity index (χ1v) is 6.56. The van der Waals surface area contributed by atoms with Crippen molar-refractivity contribution in [3.8, 4) is 5.75 Å². The molecular formula is C14H15ClN2O. The molecule has 0 saturated heterocycles. The number of aryl methyl sites for hydroxylation is 1. The maximum absolute atomic E-state index is 9.93. The minimum absolute atomic E-state index is 0.0305. The van der Waals surface area contributed by atoms with Crippen LogP contribution in [-0.2, 0) is 6.42 Å². The third-order valence-corrected chi connectivity index (χ3v) is 4.09. The van der Waals surface area contributed by atoms with Crippen LogP contribution >= 0.6 is 11.6 Å². The van der Waals surface area contributed by atoms with Gasteiger partial charge in [0.25, 0.3) is 0 Å². The molecule has 3 nitrogen and oxygen atoms in total. The molecule has 4 heteroatoms. The molecule has 0 spiro atoms. The molecule has 2 aromatic rings. The molecule has 0 fully saturated rings. The number of aromatic amines is 1. The highest BCUT2D eigenvalue weighted by atomic mass is 35.5. The second-order valence-corrected chi connectivity index (χ2v) is 5.40. The second kappa shape index (κ2) is 4.32. The van der Waals surface area contributed by atoms with Gasteiger partial charge in [0.2, 0.25) is 0 Å². The SMILES string of the molecule is Cc1[nH]nc2c1C(Cl)CC(c1ccccc1O)C2. The van der Waals surface area contributed by atoms with Gasteiger partial charge < -0.3 is 5.11 Å². The van der Waals surface area contributed by atoms with E-state index in [-0.39, 0.29) is 11.3 Å². The van der Waals surface area contributed by atoms with Gasteiger partial charge in [0.1, 0.15) is 5.75 Å². The van der Waals surface area contributed by atoms with Gasteiger partial charge >= 0.3 is 0 Å². The number of rotatable bonds is 1. The van der Waals surface area contributed by atoms with E-state index in [0.717, 1.165) is 35.4 Å². The number of aromatic nitrogens is 2. The zero-order valence-corrected chi connectivity index (χ0v) is 10.9. The van der Waals surface area contributed by atoms with E-state index in [9.17, 15) is 5.11 Å². The number of para-hydroxylation sites is 1. The summed E-state index contributed by atoms with van der Waals surface area (Å²) in [5.41, 5.74) is 4.20. The van der Waals surface area contributed by atoms with E-state index in [1.54, 1.807) is 6.07 Å². The molecule has 3 rings (SSSR count). The summed E-state index contributed by atoms with van der Waals surface area (Å²) in [4.78, 5) is 0. The lowest BCUT2D eigenvalue weighted by molar-refractivity contribution is 0.451. The standard InChI is InChI=1S/C14H15ClN2O/c1-8-14-11(15)6-9(7-12(14)17-16-8)10-4-2-3-5-13(10)18/h2-5,9,11,18H,6-7H2,1H3,(H,16,17). The van der Waals surface area contributed by atoms with Gasteiger partial charge in [-0.25, -0.2) is 0 Å². The average molecular weight is 263 g/mol. The van der Waals surface area contributed by atoms with Crippen LogP contribution in [0.4, 0.5) is 0 Å². The van der Waals surface area contributed by atoms with Crippen LogP contribution in [-0.4, -0.2) is 15.3 Å². The summed E-state index contributed by atoms with van der Waals surface area (Å²) < 4.78 is 0. The van der Waals surface area contributed by atoms with Gasteiger partial charge in [-0.15, -0.1) is 11.6 Å². The molecule has 1 aliphatic carbocycles. The first kappa shape index (κ1) is 11.6. The minimum atomic E-state index is -0.0305. The van der Waals surface area contributed by atoms with Crippen molar-refractivity contribution in [2.45, 2.75) is 31.1 Å². The van der Waals surface area contributed by atoms with Crippen molar-refractivity contribution in [3.63, 3.8) is 0 Å². The molecule has 2 unspecified atom stereocenters. The molecule has 18 heavy (non-hydrogen) atoms. The number of phenolic OH excluding ortho intramolecular Hbond substituents is 1. The fraction of sp³-hybridized carbons (Fsp3) is 0.357. The Morgan fingerprint density at radius 2 is 2.17 bits per heavy atom. The highest BCUT2D eigenvalue weighted by molar-refractivity contribution is 6.21. The van der Waals surface area contributed by atoms with Crippen molar-refractivity contribution in [1.29, 1.82) is 0 Å². The molecule has 0 bridgehead atoms. The molecule has 0 radical (unpaired) electrons. The topological polar surface area (TPSA) is 48.9 Å². The molecule has 0 saturated carbocycles. The van der Waals surface area contributed by atoms with Gasteiger partial charge in [-0.3, -0.25) is 5.10 Å². The van der Waals surface area contributed by atoms with Crippen molar-refractivity contribution >= 4 is 11.6 Å². The molecule has 1 aromatic carbocycles. The predicted molar refractivity (Wildman–Crippen MR) is 71.1 cm³/mol. The summed E-state index contributed by atoms with van der Waals surface area (Å²) in [6.45, 7) is 2.00. The van der Waals surface area contributed by atoms with Gasteiger partial charge in [-0.05, 0) is 37.3 Å². The van der Waals surface area contributed by atoms with E-state index in [1.165, 1.54) is 0 Å². The molecule has 1 aliphatic rings. The number of nitrogens with one attached hydrogen (secondary N) is 1. The lowest BCUT2D eigenvalue weighted by Crippen LogP contribution is -2.14. The van der Waals surface area contributed by atoms with E-state index in [4.69, 9.17) is 11.6 Å². The number of fused-ring (bicyclic) bond motifs is 1. The Morgan fingerprint density at radius 1 is 1.39 bits per heavy atom. The van der Waals surface area contributed by atoms with Gasteiger partial charge in [0.05, 0.1) is 11.1 Å². The van der Waals surface area contributed by atoms with Crippen molar-refractivity contribution < 1.29 is 5.11 Å². The Hall–Kier alpha value is -1.48. The summed E-state index contributed by atoms with van der Waals surface area (Å²) in [6, 6.07) is 7.48. The number of hydrogen-bond acceptors (Lipinski definition) is 2. The fourth-order valence-electron chi connectivity index (χ4n) is 2.81. The molecule has 94 valence electrons. The fourth-order valence-corrected chi connectivity index (χ4v) is 3.32. The van der Waals surface area contributed by atoms with Crippen LogP contribution in [0.1, 0.15) is 40.2 Å². The van der Waals surface area contributed by atoms with Gasteiger partial charge in [-0.2, -0.15) is 5.10 Å². The largest absolute Gasteiger partial charge is 0.508 e. The van der Waals surface area contributed by atoms with Gasteiger partial charge in [0.15, 0.2) is 0 Å². The number of halogens is 1. The summed E-state index contributed by atoms with van der Waals surface area (Å²) in [6.07, 6.45) is 1.67. The smallest absolute Gasteiger partial charge is 0.119 e. The Balaban J connectivity index is 1.97. The third kappa shape index (κ3) is 1.79. The molecule has 2 N–H and O–H groups in total. The summed E-state index contributed by atoms with van der Waals surface area (Å²) in [5, 5.41) is 17.2. The average Bonchev–Trinajstić information content (AvgIpc) is 2.72. The molecule has 0 aliphatic heterocycles. The van der Waals surface area contributed by atoms with Crippen LogP contribution in [0.5, 0.6) is 5.75 Å². The highest BCUT2D eigenvalue weighted by Gasteiger charge is 2.31. The van der Waals surface area contributed by atoms with Crippen molar-refractivity contribution in [3.05, 3.63) is 46.8 Å². The number of hydrogen-bond donors (Lipinski definition) is 2. The van der Waals surface area contributed by atoms with Crippen LogP contribution < -0.4 is 0 Å². The summed E-state index contributed by atoms with van der Waals surface area (Å²) >= 11 is 6.45. The van der Waals surface area contributed by atoms with Crippen molar-refractivity contribution in [2.24, 2.45) is 0 Å². The van der Waals surface area contributed by atoms with E-state index in [0.29, 0.717) is 5.75 Å². The number of alkyl halides is 1. The van der Waals surface area contributed by atoms with E-state index < -0.39 is 0 Å². The highest BCUT2D eigenvalue weighted by Crippen LogP contribution is 2.44. The molecule has 0 amide bonds.